The third-order valence-electron chi connectivity index (χ3n) is 7.39. The highest BCUT2D eigenvalue weighted by Gasteiger charge is 2.52. The molecule has 2 saturated heterocycles. The van der Waals surface area contributed by atoms with Crippen LogP contribution in [0.1, 0.15) is 46.0 Å². The molecule has 3 N–H and O–H groups in total. The summed E-state index contributed by atoms with van der Waals surface area (Å²) in [6, 6.07) is 8.12. The number of aliphatic carboxylic acids is 2. The van der Waals surface area contributed by atoms with Gasteiger partial charge in [-0.25, -0.2) is 4.39 Å². The van der Waals surface area contributed by atoms with Gasteiger partial charge in [-0.1, -0.05) is 12.1 Å². The normalized spacial score (nSPS) is 24.9. The van der Waals surface area contributed by atoms with E-state index in [1.54, 1.807) is 0 Å². The number of carbonyl (C=O) groups is 4. The monoisotopic (exact) mass is 565 g/mol. The van der Waals surface area contributed by atoms with Crippen LogP contribution in [0.3, 0.4) is 0 Å². The Labute approximate surface area is 233 Å². The number of carboxylic acids is 2. The number of anilines is 1. The topological polar surface area (TPSA) is 148 Å². The molecule has 4 rings (SSSR count). The largest absolute Gasteiger partial charge is 0.489 e. The van der Waals surface area contributed by atoms with E-state index in [9.17, 15) is 28.7 Å². The van der Waals surface area contributed by atoms with E-state index in [4.69, 9.17) is 14.9 Å². The van der Waals surface area contributed by atoms with Crippen LogP contribution in [0.25, 0.3) is 0 Å². The van der Waals surface area contributed by atoms with Gasteiger partial charge in [0.2, 0.25) is 11.8 Å². The maximum absolute atomic E-state index is 13.8. The number of amides is 2. The Bertz CT molecular complexity index is 1000. The number of aliphatic hydroxyl groups excluding tert-OH is 1. The van der Waals surface area contributed by atoms with Crippen molar-refractivity contribution in [1.82, 2.24) is 9.80 Å². The van der Waals surface area contributed by atoms with E-state index in [-0.39, 0.29) is 43.6 Å². The molecule has 1 aromatic rings. The average Bonchev–Trinajstić information content (AvgIpc) is 3.12. The summed E-state index contributed by atoms with van der Waals surface area (Å²) >= 11 is 0. The number of ether oxygens (including phenoxy) is 1. The summed E-state index contributed by atoms with van der Waals surface area (Å²) in [5.41, 5.74) is 1.12. The number of carboxylic acid groups (broad SMARTS) is 2. The van der Waals surface area contributed by atoms with Crippen LogP contribution in [0.15, 0.2) is 24.3 Å². The highest BCUT2D eigenvalue weighted by Crippen LogP contribution is 2.39. The summed E-state index contributed by atoms with van der Waals surface area (Å²) in [5.74, 6) is -2.90. The molecule has 40 heavy (non-hydrogen) atoms. The van der Waals surface area contributed by atoms with E-state index in [1.807, 2.05) is 32.0 Å². The number of piperazine rings is 1. The third-order valence-corrected chi connectivity index (χ3v) is 7.39. The number of nitrogens with zero attached hydrogens (tertiary/aromatic N) is 3. The van der Waals surface area contributed by atoms with Crippen molar-refractivity contribution in [2.75, 3.05) is 44.2 Å². The van der Waals surface area contributed by atoms with Gasteiger partial charge < -0.3 is 25.0 Å². The molecule has 12 heteroatoms. The number of hydrogen-bond donors (Lipinski definition) is 3. The summed E-state index contributed by atoms with van der Waals surface area (Å²) in [5, 5.41) is 25.5. The van der Waals surface area contributed by atoms with E-state index in [1.165, 1.54) is 4.90 Å². The number of halogens is 1. The van der Waals surface area contributed by atoms with Gasteiger partial charge in [-0.3, -0.25) is 29.0 Å². The summed E-state index contributed by atoms with van der Waals surface area (Å²) in [6.07, 6.45) is -2.32. The smallest absolute Gasteiger partial charge is 0.303 e. The van der Waals surface area contributed by atoms with Gasteiger partial charge in [0.1, 0.15) is 11.9 Å². The average molecular weight is 566 g/mol. The van der Waals surface area contributed by atoms with Gasteiger partial charge in [-0.2, -0.15) is 0 Å². The number of aliphatic hydroxyl groups is 1. The van der Waals surface area contributed by atoms with E-state index < -0.39 is 36.1 Å². The maximum Gasteiger partial charge on any atom is 0.303 e. The van der Waals surface area contributed by atoms with Gasteiger partial charge in [0, 0.05) is 32.7 Å². The Morgan fingerprint density at radius 2 is 1.52 bits per heavy atom. The highest BCUT2D eigenvalue weighted by molar-refractivity contribution is 6.05. The predicted octanol–water partition coefficient (Wildman–Crippen LogP) is 2.02. The lowest BCUT2D eigenvalue weighted by Crippen LogP contribution is -2.47. The number of alkyl halides is 1. The zero-order valence-electron chi connectivity index (χ0n) is 23.1. The second-order valence-corrected chi connectivity index (χ2v) is 10.7. The lowest BCUT2D eigenvalue weighted by Gasteiger charge is -2.37. The minimum atomic E-state index is -1.42. The second-order valence-electron chi connectivity index (χ2n) is 10.7. The minimum Gasteiger partial charge on any atom is -0.489 e. The molecule has 0 aromatic heterocycles. The molecule has 11 nitrogen and oxygen atoms in total. The van der Waals surface area contributed by atoms with Crippen LogP contribution in [-0.4, -0.2) is 107 Å². The Morgan fingerprint density at radius 3 is 2.10 bits per heavy atom. The Balaban J connectivity index is 0.000000482. The van der Waals surface area contributed by atoms with E-state index >= 15 is 0 Å². The van der Waals surface area contributed by atoms with Gasteiger partial charge in [0.15, 0.2) is 0 Å². The molecule has 4 unspecified atom stereocenters. The Hall–Kier alpha value is -3.25. The molecular formula is C28H40FN3O8. The molecule has 4 atom stereocenters. The number of likely N-dealkylation sites (tertiary alicyclic amines) is 1. The van der Waals surface area contributed by atoms with Crippen LogP contribution in [0.4, 0.5) is 10.1 Å². The summed E-state index contributed by atoms with van der Waals surface area (Å²) in [4.78, 5) is 50.5. The molecule has 1 saturated carbocycles. The van der Waals surface area contributed by atoms with E-state index in [2.05, 4.69) is 15.9 Å². The third kappa shape index (κ3) is 8.37. The SMILES string of the molecule is CC(C)Oc1ccccc1N1CCN(CCCN2C(=O)C3CC(O)C(F)CC3C2=O)CC1.O=C(O)CCC(=O)O. The van der Waals surface area contributed by atoms with Gasteiger partial charge in [0.25, 0.3) is 0 Å². The standard InChI is InChI=1S/C24H34FN3O4.C4H6O4/c1-16(2)32-22-7-4-3-6-20(22)27-12-10-26(11-13-27)8-5-9-28-23(30)17-14-19(25)21(29)15-18(17)24(28)31;5-3(6)1-2-4(7)8/h3-4,6-7,16-19,21,29H,5,8-15H2,1-2H3;1-2H2,(H,5,6)(H,7,8). The number of rotatable bonds is 10. The number of para-hydroxylation sites is 2. The summed E-state index contributed by atoms with van der Waals surface area (Å²) in [6.45, 7) is 8.80. The fraction of sp³-hybridized carbons (Fsp3) is 0.643. The quantitative estimate of drug-likeness (QED) is 0.360. The molecule has 3 fully saturated rings. The van der Waals surface area contributed by atoms with Crippen molar-refractivity contribution < 1.29 is 43.6 Å². The van der Waals surface area contributed by atoms with Crippen LogP contribution in [0.5, 0.6) is 5.75 Å². The molecule has 2 amide bonds. The minimum absolute atomic E-state index is 0.0448. The first kappa shape index (κ1) is 31.3. The molecule has 1 aliphatic carbocycles. The van der Waals surface area contributed by atoms with Crippen molar-refractivity contribution in [2.24, 2.45) is 11.8 Å². The lowest BCUT2D eigenvalue weighted by atomic mass is 9.78. The van der Waals surface area contributed by atoms with Gasteiger partial charge >= 0.3 is 11.9 Å². The summed E-state index contributed by atoms with van der Waals surface area (Å²) < 4.78 is 19.8. The van der Waals surface area contributed by atoms with Crippen molar-refractivity contribution in [3.8, 4) is 5.75 Å². The van der Waals surface area contributed by atoms with Crippen LogP contribution in [0, 0.1) is 11.8 Å². The molecule has 3 aliphatic rings. The van der Waals surface area contributed by atoms with Crippen LogP contribution < -0.4 is 9.64 Å². The number of fused-ring (bicyclic) bond motifs is 1. The second kappa shape index (κ2) is 14.4. The molecule has 0 radical (unpaired) electrons. The van der Waals surface area contributed by atoms with Gasteiger partial charge in [0.05, 0.1) is 42.6 Å². The molecule has 2 heterocycles. The zero-order chi connectivity index (χ0) is 29.4. The van der Waals surface area contributed by atoms with Crippen molar-refractivity contribution in [2.45, 2.75) is 64.3 Å². The predicted molar refractivity (Wildman–Crippen MR) is 144 cm³/mol. The number of imide groups is 1. The number of hydrogen-bond acceptors (Lipinski definition) is 8. The van der Waals surface area contributed by atoms with Crippen molar-refractivity contribution in [1.29, 1.82) is 0 Å². The summed E-state index contributed by atoms with van der Waals surface area (Å²) in [7, 11) is 0. The highest BCUT2D eigenvalue weighted by atomic mass is 19.1. The maximum atomic E-state index is 13.8. The Kier molecular flexibility index (Phi) is 11.3. The van der Waals surface area contributed by atoms with E-state index in [0.29, 0.717) is 13.0 Å². The first-order chi connectivity index (χ1) is 19.0. The zero-order valence-corrected chi connectivity index (χ0v) is 23.1. The number of carbonyl (C=O) groups excluding carboxylic acids is 2. The first-order valence-corrected chi connectivity index (χ1v) is 13.8. The van der Waals surface area contributed by atoms with Crippen LogP contribution in [-0.2, 0) is 19.2 Å². The molecular weight excluding hydrogens is 525 g/mol. The van der Waals surface area contributed by atoms with Gasteiger partial charge in [-0.05, 0) is 51.8 Å². The number of benzene rings is 1. The fourth-order valence-electron chi connectivity index (χ4n) is 5.36. The van der Waals surface area contributed by atoms with Crippen molar-refractivity contribution in [3.63, 3.8) is 0 Å². The lowest BCUT2D eigenvalue weighted by molar-refractivity contribution is -0.143. The Morgan fingerprint density at radius 1 is 0.950 bits per heavy atom. The van der Waals surface area contributed by atoms with Crippen LogP contribution >= 0.6 is 0 Å². The molecule has 2 aliphatic heterocycles. The van der Waals surface area contributed by atoms with E-state index in [0.717, 1.165) is 44.2 Å². The molecule has 0 bridgehead atoms. The van der Waals surface area contributed by atoms with Crippen molar-refractivity contribution >= 4 is 29.4 Å². The molecule has 1 aromatic carbocycles. The van der Waals surface area contributed by atoms with Crippen LogP contribution in [0.2, 0.25) is 0 Å². The fourth-order valence-corrected chi connectivity index (χ4v) is 5.36. The van der Waals surface area contributed by atoms with Gasteiger partial charge in [-0.15, -0.1) is 0 Å². The first-order valence-electron chi connectivity index (χ1n) is 13.8. The molecule has 222 valence electrons. The van der Waals surface area contributed by atoms with Crippen molar-refractivity contribution in [3.05, 3.63) is 24.3 Å². The molecule has 0 spiro atoms.